The first-order valence-electron chi connectivity index (χ1n) is 7.98. The van der Waals surface area contributed by atoms with E-state index in [-0.39, 0.29) is 18.7 Å². The van der Waals surface area contributed by atoms with E-state index in [0.29, 0.717) is 12.1 Å². The van der Waals surface area contributed by atoms with E-state index < -0.39 is 5.92 Å². The van der Waals surface area contributed by atoms with E-state index in [2.05, 4.69) is 11.9 Å². The fraction of sp³-hybridized carbons (Fsp3) is 0.588. The summed E-state index contributed by atoms with van der Waals surface area (Å²) >= 11 is 0. The minimum absolute atomic E-state index is 0.0187. The number of nitrogens with two attached hydrogens (primary N) is 1. The number of hydrogen-bond donors (Lipinski definition) is 1. The van der Waals surface area contributed by atoms with Crippen molar-refractivity contribution in [1.29, 1.82) is 0 Å². The zero-order valence-corrected chi connectivity index (χ0v) is 13.0. The zero-order valence-electron chi connectivity index (χ0n) is 13.0. The van der Waals surface area contributed by atoms with E-state index in [9.17, 15) is 4.79 Å². The monoisotopic (exact) mass is 304 g/mol. The maximum atomic E-state index is 12.5. The van der Waals surface area contributed by atoms with Gasteiger partial charge in [0.15, 0.2) is 0 Å². The normalized spacial score (nSPS) is 29.3. The van der Waals surface area contributed by atoms with Gasteiger partial charge >= 0.3 is 5.97 Å². The number of rotatable bonds is 5. The van der Waals surface area contributed by atoms with Gasteiger partial charge < -0.3 is 14.5 Å². The number of esters is 1. The molecule has 22 heavy (non-hydrogen) atoms. The summed E-state index contributed by atoms with van der Waals surface area (Å²) in [5.41, 5.74) is 0.883. The second-order valence-electron chi connectivity index (χ2n) is 6.38. The molecule has 2 N–H and O–H groups in total. The van der Waals surface area contributed by atoms with Crippen molar-refractivity contribution in [2.75, 3.05) is 13.7 Å². The first kappa shape index (κ1) is 15.5. The summed E-state index contributed by atoms with van der Waals surface area (Å²) in [5.74, 6) is 4.51. The molecule has 2 heterocycles. The van der Waals surface area contributed by atoms with Gasteiger partial charge in [-0.25, -0.2) is 5.90 Å². The van der Waals surface area contributed by atoms with Crippen molar-refractivity contribution in [3.63, 3.8) is 0 Å². The lowest BCUT2D eigenvalue weighted by Gasteiger charge is -2.36. The van der Waals surface area contributed by atoms with Gasteiger partial charge in [0.1, 0.15) is 12.0 Å². The summed E-state index contributed by atoms with van der Waals surface area (Å²) in [4.78, 5) is 19.7. The van der Waals surface area contributed by atoms with E-state index in [1.807, 2.05) is 30.3 Å². The summed E-state index contributed by atoms with van der Waals surface area (Å²) in [5, 5.41) is 0. The Hall–Kier alpha value is -1.43. The van der Waals surface area contributed by atoms with Gasteiger partial charge in [-0.15, -0.1) is 0 Å². The quantitative estimate of drug-likeness (QED) is 0.664. The standard InChI is InChI=1S/C17H24N2O3/c1-19-13-7-8-14(19)10-15(9-13)22-17(20)16(11-21-18)12-5-3-2-4-6-12/h2-6,13-16H,7-11,18H2,1H3/t13-,14+,15?,16?. The Morgan fingerprint density at radius 2 is 1.91 bits per heavy atom. The van der Waals surface area contributed by atoms with E-state index in [1.54, 1.807) is 0 Å². The van der Waals surface area contributed by atoms with Crippen molar-refractivity contribution < 1.29 is 14.4 Å². The van der Waals surface area contributed by atoms with Crippen LogP contribution in [0.25, 0.3) is 0 Å². The molecule has 2 fully saturated rings. The highest BCUT2D eigenvalue weighted by atomic mass is 16.6. The minimum atomic E-state index is -0.455. The van der Waals surface area contributed by atoms with Crippen LogP contribution in [-0.4, -0.2) is 42.7 Å². The summed E-state index contributed by atoms with van der Waals surface area (Å²) in [6.07, 6.45) is 4.31. The van der Waals surface area contributed by atoms with Crippen molar-refractivity contribution in [3.05, 3.63) is 35.9 Å². The maximum absolute atomic E-state index is 12.5. The first-order chi connectivity index (χ1) is 10.7. The SMILES string of the molecule is CN1[C@@H]2CC[C@H]1CC(OC(=O)C(CON)c1ccccc1)C2. The number of ether oxygens (including phenoxy) is 1. The van der Waals surface area contributed by atoms with Crippen LogP contribution in [0, 0.1) is 0 Å². The molecule has 4 atom stereocenters. The second-order valence-corrected chi connectivity index (χ2v) is 6.38. The Labute approximate surface area is 131 Å². The lowest BCUT2D eigenvalue weighted by molar-refractivity contribution is -0.156. The molecule has 2 saturated heterocycles. The van der Waals surface area contributed by atoms with E-state index >= 15 is 0 Å². The van der Waals surface area contributed by atoms with Gasteiger partial charge in [0.05, 0.1) is 6.61 Å². The molecule has 3 rings (SSSR count). The van der Waals surface area contributed by atoms with Crippen molar-refractivity contribution in [2.45, 2.75) is 49.8 Å². The molecular formula is C17H24N2O3. The predicted octanol–water partition coefficient (Wildman–Crippen LogP) is 1.83. The van der Waals surface area contributed by atoms with Gasteiger partial charge in [0.25, 0.3) is 0 Å². The Kier molecular flexibility index (Phi) is 4.76. The molecule has 1 aromatic carbocycles. The fourth-order valence-electron chi connectivity index (χ4n) is 3.79. The van der Waals surface area contributed by atoms with E-state index in [1.165, 1.54) is 12.8 Å². The Bertz CT molecular complexity index is 494. The number of hydrogen-bond acceptors (Lipinski definition) is 5. The average molecular weight is 304 g/mol. The molecule has 2 aliphatic heterocycles. The molecule has 0 amide bonds. The number of benzene rings is 1. The van der Waals surface area contributed by atoms with Crippen LogP contribution in [0.1, 0.15) is 37.2 Å². The van der Waals surface area contributed by atoms with Crippen LogP contribution in [0.5, 0.6) is 0 Å². The molecule has 0 aliphatic carbocycles. The van der Waals surface area contributed by atoms with Crippen molar-refractivity contribution in [1.82, 2.24) is 4.90 Å². The second kappa shape index (κ2) is 6.77. The lowest BCUT2D eigenvalue weighted by Crippen LogP contribution is -2.44. The molecule has 2 bridgehead atoms. The van der Waals surface area contributed by atoms with Crippen LogP contribution in [0.15, 0.2) is 30.3 Å². The molecule has 0 spiro atoms. The average Bonchev–Trinajstić information content (AvgIpc) is 2.75. The van der Waals surface area contributed by atoms with Gasteiger partial charge in [0, 0.05) is 12.1 Å². The molecule has 0 saturated carbocycles. The molecule has 0 aromatic heterocycles. The van der Waals surface area contributed by atoms with Crippen LogP contribution in [0.3, 0.4) is 0 Å². The number of fused-ring (bicyclic) bond motifs is 2. The molecule has 5 heteroatoms. The van der Waals surface area contributed by atoms with Gasteiger partial charge in [-0.2, -0.15) is 0 Å². The van der Waals surface area contributed by atoms with Gasteiger partial charge in [0.2, 0.25) is 0 Å². The zero-order chi connectivity index (χ0) is 15.5. The lowest BCUT2D eigenvalue weighted by atomic mass is 9.98. The molecular weight excluding hydrogens is 280 g/mol. The highest BCUT2D eigenvalue weighted by Crippen LogP contribution is 2.36. The molecule has 2 aliphatic rings. The Morgan fingerprint density at radius 3 is 2.50 bits per heavy atom. The predicted molar refractivity (Wildman–Crippen MR) is 83.0 cm³/mol. The topological polar surface area (TPSA) is 64.8 Å². The highest BCUT2D eigenvalue weighted by molar-refractivity contribution is 5.78. The third-order valence-corrected chi connectivity index (χ3v) is 5.09. The number of nitrogens with zero attached hydrogens (tertiary/aromatic N) is 1. The summed E-state index contributed by atoms with van der Waals surface area (Å²) in [6, 6.07) is 10.6. The van der Waals surface area contributed by atoms with Crippen LogP contribution >= 0.6 is 0 Å². The third-order valence-electron chi connectivity index (χ3n) is 5.09. The van der Waals surface area contributed by atoms with Crippen molar-refractivity contribution in [3.8, 4) is 0 Å². The fourth-order valence-corrected chi connectivity index (χ4v) is 3.79. The van der Waals surface area contributed by atoms with Crippen molar-refractivity contribution >= 4 is 5.97 Å². The largest absolute Gasteiger partial charge is 0.462 e. The van der Waals surface area contributed by atoms with Gasteiger partial charge in [-0.05, 0) is 38.3 Å². The molecule has 120 valence electrons. The molecule has 5 nitrogen and oxygen atoms in total. The number of carbonyl (C=O) groups is 1. The number of piperidine rings is 1. The molecule has 1 aromatic rings. The summed E-state index contributed by atoms with van der Waals surface area (Å²) in [7, 11) is 2.18. The smallest absolute Gasteiger partial charge is 0.316 e. The first-order valence-corrected chi connectivity index (χ1v) is 7.98. The Balaban J connectivity index is 1.65. The van der Waals surface area contributed by atoms with Crippen LogP contribution in [0.2, 0.25) is 0 Å². The van der Waals surface area contributed by atoms with Crippen LogP contribution in [0.4, 0.5) is 0 Å². The molecule has 2 unspecified atom stereocenters. The van der Waals surface area contributed by atoms with E-state index in [4.69, 9.17) is 15.5 Å². The highest BCUT2D eigenvalue weighted by Gasteiger charge is 2.40. The summed E-state index contributed by atoms with van der Waals surface area (Å²) < 4.78 is 5.79. The Morgan fingerprint density at radius 1 is 1.27 bits per heavy atom. The minimum Gasteiger partial charge on any atom is -0.462 e. The van der Waals surface area contributed by atoms with Crippen LogP contribution in [-0.2, 0) is 14.4 Å². The van der Waals surface area contributed by atoms with E-state index in [0.717, 1.165) is 18.4 Å². The van der Waals surface area contributed by atoms with Gasteiger partial charge in [-0.1, -0.05) is 30.3 Å². The van der Waals surface area contributed by atoms with Crippen molar-refractivity contribution in [2.24, 2.45) is 5.90 Å². The van der Waals surface area contributed by atoms with Gasteiger partial charge in [-0.3, -0.25) is 4.79 Å². The third kappa shape index (κ3) is 3.16. The molecule has 0 radical (unpaired) electrons. The maximum Gasteiger partial charge on any atom is 0.316 e. The summed E-state index contributed by atoms with van der Waals surface area (Å²) in [6.45, 7) is 0.141. The number of carbonyl (C=O) groups excluding carboxylic acids is 1. The van der Waals surface area contributed by atoms with Crippen LogP contribution < -0.4 is 5.90 Å².